The average Bonchev–Trinajstić information content (AvgIpc) is 2.59. The Morgan fingerprint density at radius 3 is 2.54 bits per heavy atom. The van der Waals surface area contributed by atoms with Gasteiger partial charge in [-0.1, -0.05) is 37.8 Å². The molecule has 3 nitrogen and oxygen atoms in total. The number of likely N-dealkylation sites (tertiary alicyclic amines) is 1. The molecule has 5 fully saturated rings. The summed E-state index contributed by atoms with van der Waals surface area (Å²) in [6.07, 6.45) is 17.2. The Kier molecular flexibility index (Phi) is 4.89. The van der Waals surface area contributed by atoms with Gasteiger partial charge in [-0.3, -0.25) is 4.79 Å². The average molecular weight is 383 g/mol. The number of carbonyl (C=O) groups is 1. The van der Waals surface area contributed by atoms with E-state index in [0.717, 1.165) is 38.6 Å². The second-order valence-corrected chi connectivity index (χ2v) is 10.9. The molecular formula is C25H38N2O. The van der Waals surface area contributed by atoms with Crippen molar-refractivity contribution in [1.29, 1.82) is 0 Å². The van der Waals surface area contributed by atoms with Crippen LogP contribution >= 0.6 is 0 Å². The summed E-state index contributed by atoms with van der Waals surface area (Å²) < 4.78 is 0. The van der Waals surface area contributed by atoms with E-state index in [9.17, 15) is 4.79 Å². The van der Waals surface area contributed by atoms with Gasteiger partial charge < -0.3 is 10.6 Å². The zero-order chi connectivity index (χ0) is 20.2. The van der Waals surface area contributed by atoms with E-state index < -0.39 is 0 Å². The highest BCUT2D eigenvalue weighted by Crippen LogP contribution is 2.71. The normalized spacial score (nSPS) is 45.3. The highest BCUT2D eigenvalue weighted by atomic mass is 16.2. The molecule has 4 bridgehead atoms. The first-order valence-electron chi connectivity index (χ1n) is 11.3. The smallest absolute Gasteiger partial charge is 0.229 e. The Labute approximate surface area is 171 Å². The fraction of sp³-hybridized carbons (Fsp3) is 0.720. The first-order valence-corrected chi connectivity index (χ1v) is 11.3. The minimum atomic E-state index is -0.179. The lowest BCUT2D eigenvalue weighted by Crippen LogP contribution is -2.63. The topological polar surface area (TPSA) is 46.3 Å². The second kappa shape index (κ2) is 6.86. The van der Waals surface area contributed by atoms with Crippen molar-refractivity contribution in [2.24, 2.45) is 27.9 Å². The minimum absolute atomic E-state index is 0.108. The van der Waals surface area contributed by atoms with Gasteiger partial charge in [0.1, 0.15) is 0 Å². The van der Waals surface area contributed by atoms with Gasteiger partial charge in [0.25, 0.3) is 0 Å². The van der Waals surface area contributed by atoms with Crippen molar-refractivity contribution < 1.29 is 4.79 Å². The van der Waals surface area contributed by atoms with Crippen molar-refractivity contribution in [1.82, 2.24) is 4.90 Å². The highest BCUT2D eigenvalue weighted by molar-refractivity contribution is 5.84. The summed E-state index contributed by atoms with van der Waals surface area (Å²) >= 11 is 0. The molecule has 4 unspecified atom stereocenters. The summed E-state index contributed by atoms with van der Waals surface area (Å²) in [5.74, 6) is 1.09. The van der Waals surface area contributed by atoms with E-state index in [2.05, 4.69) is 49.6 Å². The van der Waals surface area contributed by atoms with E-state index in [1.165, 1.54) is 24.8 Å². The molecule has 0 aromatic heterocycles. The maximum Gasteiger partial charge on any atom is 0.229 e. The number of piperidine rings is 1. The molecule has 0 aromatic carbocycles. The molecule has 154 valence electrons. The molecule has 3 heteroatoms. The van der Waals surface area contributed by atoms with E-state index in [0.29, 0.717) is 11.8 Å². The van der Waals surface area contributed by atoms with E-state index in [1.54, 1.807) is 0 Å². The van der Waals surface area contributed by atoms with Gasteiger partial charge in [-0.25, -0.2) is 0 Å². The zero-order valence-corrected chi connectivity index (χ0v) is 18.0. The van der Waals surface area contributed by atoms with Gasteiger partial charge in [-0.15, -0.1) is 0 Å². The molecule has 1 heterocycles. The molecule has 1 saturated heterocycles. The van der Waals surface area contributed by atoms with Crippen LogP contribution in [0.5, 0.6) is 0 Å². The summed E-state index contributed by atoms with van der Waals surface area (Å²) in [5.41, 5.74) is 7.62. The molecule has 28 heavy (non-hydrogen) atoms. The zero-order valence-electron chi connectivity index (χ0n) is 18.0. The summed E-state index contributed by atoms with van der Waals surface area (Å²) in [7, 11) is 0. The van der Waals surface area contributed by atoms with Crippen LogP contribution in [0.4, 0.5) is 0 Å². The van der Waals surface area contributed by atoms with E-state index in [1.807, 2.05) is 6.92 Å². The molecule has 0 radical (unpaired) electrons. The lowest BCUT2D eigenvalue weighted by Gasteiger charge is -2.66. The fourth-order valence-electron chi connectivity index (χ4n) is 7.79. The number of hydrogen-bond donors (Lipinski definition) is 1. The van der Waals surface area contributed by atoms with Gasteiger partial charge in [0.15, 0.2) is 0 Å². The van der Waals surface area contributed by atoms with Crippen LogP contribution in [0.2, 0.25) is 0 Å². The van der Waals surface area contributed by atoms with Crippen LogP contribution in [-0.4, -0.2) is 29.4 Å². The number of rotatable bonds is 4. The monoisotopic (exact) mass is 382 g/mol. The SMILES string of the molecule is C=C(/C=C\C=C/C)[C@]12CC3CC(C(=O)N4CCC(N)CC4C)(C[C@](C)(C3)C1)C2. The van der Waals surface area contributed by atoms with E-state index >= 15 is 0 Å². The first-order chi connectivity index (χ1) is 13.2. The Morgan fingerprint density at radius 1 is 1.14 bits per heavy atom. The quantitative estimate of drug-likeness (QED) is 0.696. The third-order valence-electron chi connectivity index (χ3n) is 8.26. The van der Waals surface area contributed by atoms with Crippen molar-refractivity contribution >= 4 is 5.91 Å². The van der Waals surface area contributed by atoms with Gasteiger partial charge in [0.2, 0.25) is 5.91 Å². The standard InChI is InChI=1S/C25H38N2O/c1-5-6-7-8-18(2)24-13-20-12-23(4,15-24)16-25(14-20,17-24)22(28)27-10-9-21(26)11-19(27)3/h5-8,19-21H,2,9-17,26H2,1,3-4H3/b6-5-,8-7-/t19?,20?,21?,23-,24-,25?/m1/s1. The number of nitrogens with zero attached hydrogens (tertiary/aromatic N) is 1. The molecule has 0 aromatic rings. The molecule has 1 amide bonds. The molecular weight excluding hydrogens is 344 g/mol. The molecule has 5 aliphatic rings. The van der Waals surface area contributed by atoms with Crippen molar-refractivity contribution in [3.8, 4) is 0 Å². The Hall–Kier alpha value is -1.35. The maximum atomic E-state index is 14.0. The minimum Gasteiger partial charge on any atom is -0.339 e. The number of amides is 1. The third kappa shape index (κ3) is 3.20. The molecule has 1 aliphatic heterocycles. The Bertz CT molecular complexity index is 724. The Morgan fingerprint density at radius 2 is 1.86 bits per heavy atom. The maximum absolute atomic E-state index is 14.0. The van der Waals surface area contributed by atoms with Crippen LogP contribution in [0, 0.1) is 22.2 Å². The van der Waals surface area contributed by atoms with Gasteiger partial charge in [0, 0.05) is 18.6 Å². The number of hydrogen-bond acceptors (Lipinski definition) is 2. The van der Waals surface area contributed by atoms with Crippen molar-refractivity contribution in [2.75, 3.05) is 6.54 Å². The fourth-order valence-corrected chi connectivity index (χ4v) is 7.79. The first kappa shape index (κ1) is 19.9. The third-order valence-corrected chi connectivity index (χ3v) is 8.26. The van der Waals surface area contributed by atoms with Gasteiger partial charge >= 0.3 is 0 Å². The van der Waals surface area contributed by atoms with Crippen molar-refractivity contribution in [3.05, 3.63) is 36.5 Å². The van der Waals surface area contributed by atoms with Gasteiger partial charge in [0.05, 0.1) is 5.41 Å². The molecule has 0 spiro atoms. The predicted molar refractivity (Wildman–Crippen MR) is 116 cm³/mol. The number of allylic oxidation sites excluding steroid dienone is 5. The summed E-state index contributed by atoms with van der Waals surface area (Å²) in [5, 5.41) is 0. The lowest BCUT2D eigenvalue weighted by molar-refractivity contribution is -0.179. The summed E-state index contributed by atoms with van der Waals surface area (Å²) in [6.45, 7) is 12.0. The predicted octanol–water partition coefficient (Wildman–Crippen LogP) is 4.99. The second-order valence-electron chi connectivity index (χ2n) is 10.9. The van der Waals surface area contributed by atoms with Crippen LogP contribution in [0.1, 0.15) is 72.1 Å². The van der Waals surface area contributed by atoms with Crippen LogP contribution in [0.15, 0.2) is 36.5 Å². The van der Waals surface area contributed by atoms with E-state index in [4.69, 9.17) is 5.73 Å². The molecule has 6 atom stereocenters. The summed E-state index contributed by atoms with van der Waals surface area (Å²) in [4.78, 5) is 16.1. The van der Waals surface area contributed by atoms with Crippen LogP contribution in [-0.2, 0) is 4.79 Å². The highest BCUT2D eigenvalue weighted by Gasteiger charge is 2.65. The Balaban J connectivity index is 1.65. The van der Waals surface area contributed by atoms with Crippen molar-refractivity contribution in [3.63, 3.8) is 0 Å². The summed E-state index contributed by atoms with van der Waals surface area (Å²) in [6, 6.07) is 0.515. The molecule has 4 aliphatic carbocycles. The van der Waals surface area contributed by atoms with Crippen molar-refractivity contribution in [2.45, 2.75) is 84.2 Å². The largest absolute Gasteiger partial charge is 0.339 e. The van der Waals surface area contributed by atoms with Gasteiger partial charge in [-0.2, -0.15) is 0 Å². The van der Waals surface area contributed by atoms with Crippen LogP contribution in [0.25, 0.3) is 0 Å². The molecule has 5 rings (SSSR count). The van der Waals surface area contributed by atoms with Gasteiger partial charge in [-0.05, 0) is 87.5 Å². The van der Waals surface area contributed by atoms with Crippen LogP contribution in [0.3, 0.4) is 0 Å². The van der Waals surface area contributed by atoms with Crippen LogP contribution < -0.4 is 5.73 Å². The van der Waals surface area contributed by atoms with E-state index in [-0.39, 0.29) is 28.3 Å². The number of nitrogens with two attached hydrogens (primary N) is 1. The lowest BCUT2D eigenvalue weighted by atomic mass is 9.38. The number of carbonyl (C=O) groups excluding carboxylic acids is 1. The molecule has 4 saturated carbocycles. The molecule has 2 N–H and O–H groups in total.